The molecule has 7 heavy (non-hydrogen) atoms. The second-order valence-electron chi connectivity index (χ2n) is 0.895. The Morgan fingerprint density at radius 3 is 2.43 bits per heavy atom. The third kappa shape index (κ3) is 2.69. The van der Waals surface area contributed by atoms with E-state index in [4.69, 9.17) is 5.41 Å². The van der Waals surface area contributed by atoms with Gasteiger partial charge in [-0.05, 0) is 0 Å². The summed E-state index contributed by atoms with van der Waals surface area (Å²) in [6.45, 7) is 0. The summed E-state index contributed by atoms with van der Waals surface area (Å²) in [5.41, 5.74) is 0. The van der Waals surface area contributed by atoms with E-state index < -0.39 is 0 Å². The zero-order valence-corrected chi connectivity index (χ0v) is 6.92. The molecule has 0 aliphatic heterocycles. The maximum absolute atomic E-state index is 6.66. The van der Waals surface area contributed by atoms with E-state index in [1.54, 1.807) is 7.11 Å². The summed E-state index contributed by atoms with van der Waals surface area (Å²) in [4.78, 5) is 0. The first-order valence-electron chi connectivity index (χ1n) is 1.77. The first-order chi connectivity index (χ1) is 3.35. The van der Waals surface area contributed by atoms with Crippen molar-refractivity contribution in [2.24, 2.45) is 0 Å². The number of hydrogen-bond donors (Lipinski definition) is 1. The topological polar surface area (TPSA) is 33.1 Å². The molecule has 3 heteroatoms. The summed E-state index contributed by atoms with van der Waals surface area (Å²) in [5, 5.41) is 6.66. The van der Waals surface area contributed by atoms with Gasteiger partial charge in [0.05, 0.1) is 0 Å². The van der Waals surface area contributed by atoms with Crippen molar-refractivity contribution in [3.63, 3.8) is 0 Å². The second-order valence-corrected chi connectivity index (χ2v) is 1.72. The van der Waals surface area contributed by atoms with Gasteiger partial charge >= 0.3 is 56.3 Å². The van der Waals surface area contributed by atoms with Crippen molar-refractivity contribution in [3.8, 4) is 0 Å². The Kier molecular flexibility index (Phi) is 4.21. The summed E-state index contributed by atoms with van der Waals surface area (Å²) in [6.07, 6.45) is 1.19. The van der Waals surface area contributed by atoms with Crippen LogP contribution in [0.1, 0.15) is 0 Å². The van der Waals surface area contributed by atoms with Crippen LogP contribution in [0.3, 0.4) is 0 Å². The first kappa shape index (κ1) is 7.03. The van der Waals surface area contributed by atoms with Crippen molar-refractivity contribution in [2.45, 2.75) is 0 Å². The van der Waals surface area contributed by atoms with Gasteiger partial charge < -0.3 is 0 Å². The molecular formula is C4H7NOSb. The van der Waals surface area contributed by atoms with Gasteiger partial charge in [0, 0.05) is 0 Å². The molecule has 1 N–H and O–H groups in total. The van der Waals surface area contributed by atoms with Gasteiger partial charge in [-0.25, -0.2) is 0 Å². The fraction of sp³-hybridized carbons (Fsp3) is 0.250. The molecule has 0 fully saturated rings. The quantitative estimate of drug-likeness (QED) is 0.386. The molecule has 0 aromatic carbocycles. The molecule has 2 nitrogen and oxygen atoms in total. The van der Waals surface area contributed by atoms with Gasteiger partial charge in [-0.3, -0.25) is 0 Å². The van der Waals surface area contributed by atoms with Crippen LogP contribution < -0.4 is 0 Å². The predicted molar refractivity (Wildman–Crippen MR) is 31.0 cm³/mol. The van der Waals surface area contributed by atoms with E-state index in [1.807, 2.05) is 4.02 Å². The maximum atomic E-state index is 6.66. The molecule has 0 heterocycles. The molecular weight excluding hydrogens is 200 g/mol. The summed E-state index contributed by atoms with van der Waals surface area (Å²) in [6, 6.07) is 0. The summed E-state index contributed by atoms with van der Waals surface area (Å²) < 4.78 is 6.51. The number of allylic oxidation sites excluding steroid dienone is 1. The Hall–Kier alpha value is 0.0282. The zero-order chi connectivity index (χ0) is 5.70. The van der Waals surface area contributed by atoms with Gasteiger partial charge in [-0.1, -0.05) is 0 Å². The zero-order valence-electron chi connectivity index (χ0n) is 4.06. The third-order valence-electron chi connectivity index (χ3n) is 0.520. The first-order valence-corrected chi connectivity index (χ1v) is 3.41. The van der Waals surface area contributed by atoms with Crippen molar-refractivity contribution in [1.82, 2.24) is 0 Å². The van der Waals surface area contributed by atoms with Crippen molar-refractivity contribution in [1.29, 1.82) is 5.41 Å². The molecule has 39 valence electrons. The van der Waals surface area contributed by atoms with Crippen molar-refractivity contribution < 1.29 is 4.74 Å². The average Bonchev–Trinajstić information content (AvgIpc) is 1.72. The minimum atomic E-state index is 0.637. The van der Waals surface area contributed by atoms with E-state index in [2.05, 4.69) is 4.74 Å². The van der Waals surface area contributed by atoms with Crippen LogP contribution in [0.25, 0.3) is 0 Å². The summed E-state index contributed by atoms with van der Waals surface area (Å²) >= 11 is 1.26. The Morgan fingerprint density at radius 2 is 2.43 bits per heavy atom. The molecule has 0 aliphatic carbocycles. The summed E-state index contributed by atoms with van der Waals surface area (Å²) in [5.74, 6) is 0.637. The van der Waals surface area contributed by atoms with E-state index in [0.717, 1.165) is 0 Å². The third-order valence-corrected chi connectivity index (χ3v) is 1.33. The van der Waals surface area contributed by atoms with Crippen molar-refractivity contribution in [3.05, 3.63) is 9.78 Å². The van der Waals surface area contributed by atoms with Crippen LogP contribution in [0.4, 0.5) is 0 Å². The molecule has 0 amide bonds. The molecule has 0 saturated heterocycles. The van der Waals surface area contributed by atoms with Crippen molar-refractivity contribution in [2.75, 3.05) is 7.11 Å². The van der Waals surface area contributed by atoms with Gasteiger partial charge in [0.1, 0.15) is 0 Å². The van der Waals surface area contributed by atoms with E-state index in [-0.39, 0.29) is 0 Å². The van der Waals surface area contributed by atoms with Gasteiger partial charge in [0.25, 0.3) is 0 Å². The molecule has 0 aromatic rings. The number of methoxy groups -OCH3 is 1. The molecule has 0 atom stereocenters. The average molecular weight is 207 g/mol. The Balaban J connectivity index is 3.60. The molecule has 0 rings (SSSR count). The molecule has 0 unspecified atom stereocenters. The van der Waals surface area contributed by atoms with Crippen molar-refractivity contribution >= 4 is 29.2 Å². The normalized spacial score (nSPS) is 10.9. The monoisotopic (exact) mass is 206 g/mol. The van der Waals surface area contributed by atoms with Crippen LogP contribution in [0, 0.1) is 5.41 Å². The van der Waals surface area contributed by atoms with Gasteiger partial charge in [-0.15, -0.1) is 0 Å². The fourth-order valence-corrected chi connectivity index (χ4v) is 0.734. The number of rotatable bonds is 2. The molecule has 0 aliphatic rings. The Labute approximate surface area is 56.6 Å². The molecule has 1 radical (unpaired) electrons. The fourth-order valence-electron chi connectivity index (χ4n) is 0.160. The van der Waals surface area contributed by atoms with Crippen LogP contribution in [-0.4, -0.2) is 36.3 Å². The molecule has 0 aromatic heterocycles. The van der Waals surface area contributed by atoms with Crippen LogP contribution >= 0.6 is 0 Å². The Morgan fingerprint density at radius 1 is 1.86 bits per heavy atom. The molecule has 0 saturated carbocycles. The van der Waals surface area contributed by atoms with Gasteiger partial charge in [0.15, 0.2) is 0 Å². The van der Waals surface area contributed by atoms with E-state index in [9.17, 15) is 0 Å². The van der Waals surface area contributed by atoms with E-state index in [1.165, 1.54) is 29.2 Å². The number of hydrogen-bond acceptors (Lipinski definition) is 2. The molecule has 0 spiro atoms. The standard InChI is InChI=1S/C4H6NO.Sb.H/c1-4(3-5)6-2;;/h1,3,5H,2H3;;. The van der Waals surface area contributed by atoms with E-state index in [0.29, 0.717) is 5.76 Å². The van der Waals surface area contributed by atoms with Crippen LogP contribution in [0.5, 0.6) is 0 Å². The minimum absolute atomic E-state index is 0.637. The van der Waals surface area contributed by atoms with Crippen LogP contribution in [0.2, 0.25) is 0 Å². The van der Waals surface area contributed by atoms with Gasteiger partial charge in [-0.2, -0.15) is 0 Å². The Bertz CT molecular complexity index is 89.7. The number of ether oxygens (including phenoxy) is 1. The van der Waals surface area contributed by atoms with Crippen LogP contribution in [-0.2, 0) is 4.74 Å². The predicted octanol–water partition coefficient (Wildman–Crippen LogP) is 0.0246. The van der Waals surface area contributed by atoms with E-state index >= 15 is 0 Å². The number of nitrogens with one attached hydrogen (secondary N) is 1. The summed E-state index contributed by atoms with van der Waals surface area (Å²) in [7, 11) is 1.56. The SMILES string of the molecule is COC(C=N)=[CH][SbH]. The van der Waals surface area contributed by atoms with Crippen LogP contribution in [0.15, 0.2) is 9.78 Å². The second kappa shape index (κ2) is 4.19. The van der Waals surface area contributed by atoms with Gasteiger partial charge in [0.2, 0.25) is 0 Å². The molecule has 0 bridgehead atoms.